The van der Waals surface area contributed by atoms with Crippen molar-refractivity contribution in [1.29, 1.82) is 0 Å². The third-order valence-electron chi connectivity index (χ3n) is 7.04. The van der Waals surface area contributed by atoms with Gasteiger partial charge in [-0.1, -0.05) is 13.3 Å². The number of aromatic nitrogens is 2. The number of hydrogen-bond donors (Lipinski definition) is 1. The van der Waals surface area contributed by atoms with E-state index in [9.17, 15) is 5.11 Å². The maximum Gasteiger partial charge on any atom is 0.152 e. The third kappa shape index (κ3) is 4.30. The number of aliphatic hydroxyl groups is 1. The molecule has 2 unspecified atom stereocenters. The Balaban J connectivity index is 1.56. The third-order valence-corrected chi connectivity index (χ3v) is 7.04. The minimum Gasteiger partial charge on any atom is -0.372 e. The van der Waals surface area contributed by atoms with Gasteiger partial charge in [0.15, 0.2) is 6.23 Å². The Labute approximate surface area is 170 Å². The van der Waals surface area contributed by atoms with Gasteiger partial charge in [0.05, 0.1) is 0 Å². The van der Waals surface area contributed by atoms with E-state index in [1.807, 2.05) is 0 Å². The molecule has 6 heteroatoms. The quantitative estimate of drug-likeness (QED) is 0.837. The molecule has 0 radical (unpaired) electrons. The second-order valence-corrected chi connectivity index (χ2v) is 9.09. The number of nitrogens with zero attached hydrogens (tertiary/aromatic N) is 5. The normalized spacial score (nSPS) is 26.8. The summed E-state index contributed by atoms with van der Waals surface area (Å²) in [4.78, 5) is 7.41. The molecule has 2 saturated heterocycles. The summed E-state index contributed by atoms with van der Waals surface area (Å²) >= 11 is 0. The van der Waals surface area contributed by atoms with E-state index in [4.69, 9.17) is 5.10 Å². The van der Waals surface area contributed by atoms with E-state index in [2.05, 4.69) is 33.4 Å². The SMILES string of the molecule is CCCn1nc(C(O)N2CCCCC2)c2c1CCC(N1CCCN(C)CC1)C2. The first-order valence-electron chi connectivity index (χ1n) is 11.6. The molecule has 2 atom stereocenters. The van der Waals surface area contributed by atoms with Crippen LogP contribution in [0.2, 0.25) is 0 Å². The van der Waals surface area contributed by atoms with Crippen LogP contribution in [0, 0.1) is 0 Å². The second-order valence-electron chi connectivity index (χ2n) is 9.09. The standard InChI is InChI=1S/C22H39N5O/c1-3-10-27-20-9-8-18(25-14-7-11-24(2)15-16-25)17-19(20)21(23-27)22(28)26-12-5-4-6-13-26/h18,22,28H,3-17H2,1-2H3. The van der Waals surface area contributed by atoms with Crippen LogP contribution in [-0.4, -0.2) is 81.9 Å². The summed E-state index contributed by atoms with van der Waals surface area (Å²) in [7, 11) is 2.24. The maximum absolute atomic E-state index is 11.2. The molecule has 1 aromatic rings. The van der Waals surface area contributed by atoms with Gasteiger partial charge in [-0.25, -0.2) is 0 Å². The van der Waals surface area contributed by atoms with Crippen LogP contribution < -0.4 is 0 Å². The fourth-order valence-corrected chi connectivity index (χ4v) is 5.38. The van der Waals surface area contributed by atoms with Crippen LogP contribution in [0.3, 0.4) is 0 Å². The Morgan fingerprint density at radius 1 is 1.04 bits per heavy atom. The Kier molecular flexibility index (Phi) is 6.71. The molecule has 2 fully saturated rings. The van der Waals surface area contributed by atoms with Crippen molar-refractivity contribution in [2.75, 3.05) is 46.3 Å². The van der Waals surface area contributed by atoms with Crippen LogP contribution in [0.25, 0.3) is 0 Å². The molecule has 1 aliphatic carbocycles. The van der Waals surface area contributed by atoms with Gasteiger partial charge >= 0.3 is 0 Å². The largest absolute Gasteiger partial charge is 0.372 e. The highest BCUT2D eigenvalue weighted by Gasteiger charge is 2.33. The fraction of sp³-hybridized carbons (Fsp3) is 0.864. The summed E-state index contributed by atoms with van der Waals surface area (Å²) in [6.07, 6.45) is 8.89. The van der Waals surface area contributed by atoms with Gasteiger partial charge < -0.3 is 10.0 Å². The second kappa shape index (κ2) is 9.24. The van der Waals surface area contributed by atoms with Crippen molar-refractivity contribution >= 4 is 0 Å². The Morgan fingerprint density at radius 2 is 1.86 bits per heavy atom. The highest BCUT2D eigenvalue weighted by atomic mass is 16.3. The van der Waals surface area contributed by atoms with Crippen LogP contribution in [0.15, 0.2) is 0 Å². The number of piperidine rings is 1. The smallest absolute Gasteiger partial charge is 0.152 e. The first kappa shape index (κ1) is 20.3. The molecule has 0 saturated carbocycles. The molecule has 3 aliphatic rings. The number of aryl methyl sites for hydroxylation is 1. The molecular weight excluding hydrogens is 350 g/mol. The zero-order valence-electron chi connectivity index (χ0n) is 17.9. The average molecular weight is 390 g/mol. The molecule has 0 bridgehead atoms. The van der Waals surface area contributed by atoms with E-state index in [0.29, 0.717) is 6.04 Å². The molecule has 4 rings (SSSR count). The van der Waals surface area contributed by atoms with Gasteiger partial charge in [0.25, 0.3) is 0 Å². The van der Waals surface area contributed by atoms with Crippen LogP contribution in [0.5, 0.6) is 0 Å². The summed E-state index contributed by atoms with van der Waals surface area (Å²) in [6.45, 7) is 9.93. The predicted molar refractivity (Wildman–Crippen MR) is 112 cm³/mol. The summed E-state index contributed by atoms with van der Waals surface area (Å²) in [5.41, 5.74) is 3.72. The fourth-order valence-electron chi connectivity index (χ4n) is 5.38. The Bertz CT molecular complexity index is 639. The molecule has 28 heavy (non-hydrogen) atoms. The van der Waals surface area contributed by atoms with Gasteiger partial charge in [0.2, 0.25) is 0 Å². The summed E-state index contributed by atoms with van der Waals surface area (Å²) in [5, 5.41) is 16.2. The van der Waals surface area contributed by atoms with Crippen LogP contribution >= 0.6 is 0 Å². The van der Waals surface area contributed by atoms with E-state index in [0.717, 1.165) is 44.6 Å². The van der Waals surface area contributed by atoms with Crippen molar-refractivity contribution in [3.8, 4) is 0 Å². The molecule has 2 aliphatic heterocycles. The molecule has 0 spiro atoms. The lowest BCUT2D eigenvalue weighted by Crippen LogP contribution is -2.42. The summed E-state index contributed by atoms with van der Waals surface area (Å²) in [6, 6.07) is 0.602. The van der Waals surface area contributed by atoms with E-state index in [1.165, 1.54) is 69.5 Å². The summed E-state index contributed by atoms with van der Waals surface area (Å²) < 4.78 is 2.21. The minimum absolute atomic E-state index is 0.527. The van der Waals surface area contributed by atoms with Crippen molar-refractivity contribution in [1.82, 2.24) is 24.5 Å². The number of likely N-dealkylation sites (N-methyl/N-ethyl adjacent to an activating group) is 1. The van der Waals surface area contributed by atoms with Gasteiger partial charge in [-0.15, -0.1) is 0 Å². The van der Waals surface area contributed by atoms with Crippen LogP contribution in [0.4, 0.5) is 0 Å². The maximum atomic E-state index is 11.2. The van der Waals surface area contributed by atoms with Crippen LogP contribution in [-0.2, 0) is 19.4 Å². The van der Waals surface area contributed by atoms with Crippen LogP contribution in [0.1, 0.15) is 68.6 Å². The Hall–Kier alpha value is -0.950. The number of fused-ring (bicyclic) bond motifs is 1. The number of hydrogen-bond acceptors (Lipinski definition) is 5. The summed E-state index contributed by atoms with van der Waals surface area (Å²) in [5.74, 6) is 0. The molecule has 1 N–H and O–H groups in total. The number of rotatable bonds is 5. The van der Waals surface area contributed by atoms with E-state index < -0.39 is 6.23 Å². The highest BCUT2D eigenvalue weighted by Crippen LogP contribution is 2.33. The van der Waals surface area contributed by atoms with Gasteiger partial charge in [-0.3, -0.25) is 14.5 Å². The zero-order chi connectivity index (χ0) is 19.5. The molecular formula is C22H39N5O. The molecule has 6 nitrogen and oxygen atoms in total. The number of aliphatic hydroxyl groups excluding tert-OH is 1. The van der Waals surface area contributed by atoms with Crippen molar-refractivity contribution in [2.24, 2.45) is 0 Å². The molecule has 158 valence electrons. The van der Waals surface area contributed by atoms with E-state index in [-0.39, 0.29) is 0 Å². The van der Waals surface area contributed by atoms with Gasteiger partial charge in [-0.05, 0) is 65.1 Å². The lowest BCUT2D eigenvalue weighted by molar-refractivity contribution is -0.0141. The van der Waals surface area contributed by atoms with E-state index >= 15 is 0 Å². The zero-order valence-corrected chi connectivity index (χ0v) is 17.9. The molecule has 0 aromatic carbocycles. The monoisotopic (exact) mass is 389 g/mol. The first-order valence-corrected chi connectivity index (χ1v) is 11.6. The lowest BCUT2D eigenvalue weighted by Gasteiger charge is -2.35. The molecule has 3 heterocycles. The van der Waals surface area contributed by atoms with Gasteiger partial charge in [0.1, 0.15) is 5.69 Å². The molecule has 0 amide bonds. The Morgan fingerprint density at radius 3 is 2.64 bits per heavy atom. The predicted octanol–water partition coefficient (Wildman–Crippen LogP) is 2.26. The van der Waals surface area contributed by atoms with Gasteiger partial charge in [-0.2, -0.15) is 5.10 Å². The van der Waals surface area contributed by atoms with Gasteiger partial charge in [0, 0.05) is 50.0 Å². The van der Waals surface area contributed by atoms with E-state index in [1.54, 1.807) is 0 Å². The van der Waals surface area contributed by atoms with Crippen molar-refractivity contribution in [3.05, 3.63) is 17.0 Å². The van der Waals surface area contributed by atoms with Crippen molar-refractivity contribution in [3.63, 3.8) is 0 Å². The first-order chi connectivity index (χ1) is 13.7. The van der Waals surface area contributed by atoms with Crippen molar-refractivity contribution < 1.29 is 5.11 Å². The lowest BCUT2D eigenvalue weighted by atomic mass is 9.89. The molecule has 1 aromatic heterocycles. The average Bonchev–Trinajstić information content (AvgIpc) is 2.93. The number of likely N-dealkylation sites (tertiary alicyclic amines) is 1. The van der Waals surface area contributed by atoms with Crippen molar-refractivity contribution in [2.45, 2.75) is 77.1 Å². The minimum atomic E-state index is -0.527. The topological polar surface area (TPSA) is 47.8 Å². The highest BCUT2D eigenvalue weighted by molar-refractivity contribution is 5.32.